The number of aliphatic hydroxyl groups is 2. The van der Waals surface area contributed by atoms with Crippen molar-refractivity contribution in [3.05, 3.63) is 97.2 Å². The van der Waals surface area contributed by atoms with Gasteiger partial charge in [-0.05, 0) is 83.5 Å². The third-order valence-corrected chi connectivity index (χ3v) is 14.6. The smallest absolute Gasteiger partial charge is 0.220 e. The van der Waals surface area contributed by atoms with Gasteiger partial charge in [0, 0.05) is 6.42 Å². The normalized spacial score (nSPS) is 13.4. The van der Waals surface area contributed by atoms with Crippen molar-refractivity contribution in [1.82, 2.24) is 5.32 Å². The average Bonchev–Trinajstić information content (AvgIpc) is 3.40. The maximum absolute atomic E-state index is 12.5. The van der Waals surface area contributed by atoms with Gasteiger partial charge in [0.25, 0.3) is 0 Å². The van der Waals surface area contributed by atoms with Crippen LogP contribution in [0.25, 0.3) is 0 Å². The number of carbonyl (C=O) groups is 1. The average molecular weight is 1030 g/mol. The largest absolute Gasteiger partial charge is 0.394 e. The number of unbranched alkanes of at least 4 members (excludes halogenated alkanes) is 38. The van der Waals surface area contributed by atoms with E-state index in [1.54, 1.807) is 6.08 Å². The molecular weight excluding hydrogens is 903 g/mol. The molecule has 0 radical (unpaired) electrons. The lowest BCUT2D eigenvalue weighted by Crippen LogP contribution is -2.45. The molecule has 2 atom stereocenters. The summed E-state index contributed by atoms with van der Waals surface area (Å²) < 4.78 is 0. The molecule has 1 amide bonds. The molecule has 0 bridgehead atoms. The van der Waals surface area contributed by atoms with Crippen LogP contribution in [0.15, 0.2) is 97.2 Å². The summed E-state index contributed by atoms with van der Waals surface area (Å²) in [4.78, 5) is 12.5. The maximum atomic E-state index is 12.5. The van der Waals surface area contributed by atoms with Gasteiger partial charge in [0.1, 0.15) is 0 Å². The number of amides is 1. The molecule has 0 aromatic rings. The zero-order chi connectivity index (χ0) is 53.4. The number of hydrogen-bond donors (Lipinski definition) is 3. The van der Waals surface area contributed by atoms with Crippen LogP contribution in [-0.2, 0) is 4.79 Å². The molecule has 3 N–H and O–H groups in total. The summed E-state index contributed by atoms with van der Waals surface area (Å²) in [6.07, 6.45) is 96.1. The lowest BCUT2D eigenvalue weighted by atomic mass is 10.0. The van der Waals surface area contributed by atoms with Gasteiger partial charge < -0.3 is 15.5 Å². The monoisotopic (exact) mass is 1030 g/mol. The van der Waals surface area contributed by atoms with E-state index in [1.807, 2.05) is 6.08 Å². The van der Waals surface area contributed by atoms with Crippen LogP contribution in [0.2, 0.25) is 0 Å². The molecule has 4 heteroatoms. The summed E-state index contributed by atoms with van der Waals surface area (Å²) >= 11 is 0. The van der Waals surface area contributed by atoms with Crippen LogP contribution >= 0.6 is 0 Å². The van der Waals surface area contributed by atoms with Gasteiger partial charge in [-0.1, -0.05) is 329 Å². The lowest BCUT2D eigenvalue weighted by Gasteiger charge is -2.19. The Bertz CT molecular complexity index is 1350. The molecule has 0 heterocycles. The van der Waals surface area contributed by atoms with Gasteiger partial charge in [0.15, 0.2) is 0 Å². The highest BCUT2D eigenvalue weighted by atomic mass is 16.3. The Morgan fingerprint density at radius 3 is 0.946 bits per heavy atom. The second-order valence-electron chi connectivity index (χ2n) is 21.8. The van der Waals surface area contributed by atoms with Gasteiger partial charge >= 0.3 is 0 Å². The summed E-state index contributed by atoms with van der Waals surface area (Å²) in [5.41, 5.74) is 0. The van der Waals surface area contributed by atoms with Gasteiger partial charge in [0.2, 0.25) is 5.91 Å². The van der Waals surface area contributed by atoms with Gasteiger partial charge in [-0.25, -0.2) is 0 Å². The van der Waals surface area contributed by atoms with Gasteiger partial charge in [-0.2, -0.15) is 0 Å². The first-order chi connectivity index (χ1) is 36.7. The molecule has 74 heavy (non-hydrogen) atoms. The van der Waals surface area contributed by atoms with Crippen LogP contribution < -0.4 is 5.32 Å². The third kappa shape index (κ3) is 60.2. The van der Waals surface area contributed by atoms with Gasteiger partial charge in [-0.15, -0.1) is 0 Å². The molecule has 0 aliphatic rings. The zero-order valence-corrected chi connectivity index (χ0v) is 49.3. The standard InChI is InChI=1S/C70H125NO3/c1-3-5-7-9-11-13-15-17-19-21-23-25-26-27-28-29-30-31-32-33-34-35-36-37-38-39-40-41-42-43-44-46-48-50-52-54-56-58-60-62-64-66-70(74)71-68(67-72)69(73)65-63-61-59-57-55-53-51-49-47-45-24-22-20-18-16-14-12-10-8-6-4-2/h5,7,11,13,17,19,23,25,27-28,30-31,55,57,63,65,68-69,72-73H,3-4,6,8-10,12,14-16,18,20-22,24,26,29,32-54,56,58-62,64,66-67H2,1-2H3,(H,71,74)/b7-5-,13-11-,19-17-,25-23-,28-27-,31-30-,57-55+,65-63+. The molecule has 0 saturated heterocycles. The van der Waals surface area contributed by atoms with Gasteiger partial charge in [-0.3, -0.25) is 4.79 Å². The molecule has 0 spiro atoms. The highest BCUT2D eigenvalue weighted by molar-refractivity contribution is 5.76. The van der Waals surface area contributed by atoms with Crippen molar-refractivity contribution in [3.8, 4) is 0 Å². The Morgan fingerprint density at radius 2 is 0.608 bits per heavy atom. The molecule has 0 aliphatic heterocycles. The van der Waals surface area contributed by atoms with E-state index in [9.17, 15) is 15.0 Å². The van der Waals surface area contributed by atoms with Crippen LogP contribution in [0.5, 0.6) is 0 Å². The summed E-state index contributed by atoms with van der Waals surface area (Å²) in [5.74, 6) is -0.0704. The molecule has 0 aromatic heterocycles. The highest BCUT2D eigenvalue weighted by Crippen LogP contribution is 2.17. The molecule has 2 unspecified atom stereocenters. The lowest BCUT2D eigenvalue weighted by molar-refractivity contribution is -0.123. The van der Waals surface area contributed by atoms with E-state index in [4.69, 9.17) is 0 Å². The minimum absolute atomic E-state index is 0.0704. The topological polar surface area (TPSA) is 69.6 Å². The van der Waals surface area contributed by atoms with E-state index < -0.39 is 12.1 Å². The Hall–Kier alpha value is -2.69. The van der Waals surface area contributed by atoms with Crippen molar-refractivity contribution < 1.29 is 15.0 Å². The van der Waals surface area contributed by atoms with Crippen LogP contribution in [0.4, 0.5) is 0 Å². The number of hydrogen-bond acceptors (Lipinski definition) is 3. The maximum Gasteiger partial charge on any atom is 0.220 e. The van der Waals surface area contributed by atoms with Crippen LogP contribution in [0.3, 0.4) is 0 Å². The first-order valence-corrected chi connectivity index (χ1v) is 32.5. The predicted molar refractivity (Wildman–Crippen MR) is 331 cm³/mol. The number of nitrogens with one attached hydrogen (secondary N) is 1. The first-order valence-electron chi connectivity index (χ1n) is 32.5. The van der Waals surface area contributed by atoms with Crippen LogP contribution in [0, 0.1) is 0 Å². The molecule has 428 valence electrons. The molecular formula is C70H125NO3. The summed E-state index contributed by atoms with van der Waals surface area (Å²) in [6.45, 7) is 4.20. The van der Waals surface area contributed by atoms with E-state index in [0.29, 0.717) is 6.42 Å². The Morgan fingerprint density at radius 1 is 0.338 bits per heavy atom. The van der Waals surface area contributed by atoms with E-state index in [0.717, 1.165) is 70.6 Å². The quantitative estimate of drug-likeness (QED) is 0.0420. The molecule has 4 nitrogen and oxygen atoms in total. The fourth-order valence-corrected chi connectivity index (χ4v) is 9.67. The van der Waals surface area contributed by atoms with E-state index in [2.05, 4.69) is 104 Å². The van der Waals surface area contributed by atoms with Crippen molar-refractivity contribution in [2.75, 3.05) is 6.61 Å². The first kappa shape index (κ1) is 71.3. The van der Waals surface area contributed by atoms with Crippen molar-refractivity contribution in [2.24, 2.45) is 0 Å². The number of aliphatic hydroxyl groups excluding tert-OH is 2. The Kier molecular flexibility index (Phi) is 62.2. The second kappa shape index (κ2) is 64.6. The third-order valence-electron chi connectivity index (χ3n) is 14.6. The van der Waals surface area contributed by atoms with Crippen molar-refractivity contribution in [3.63, 3.8) is 0 Å². The number of carbonyl (C=O) groups excluding carboxylic acids is 1. The SMILES string of the molecule is CC/C=C\C/C=C\C/C=C\C/C=C\C/C=C\C/C=C\CCCCCCCCCCCCCCCCCCCCCCCCC(=O)NC(CO)C(O)/C=C/CC/C=C/CCCCCCCCCCCCCCCCC. The van der Waals surface area contributed by atoms with E-state index in [1.165, 1.54) is 231 Å². The summed E-state index contributed by atoms with van der Waals surface area (Å²) in [7, 11) is 0. The van der Waals surface area contributed by atoms with E-state index in [-0.39, 0.29) is 12.5 Å². The van der Waals surface area contributed by atoms with Crippen LogP contribution in [-0.4, -0.2) is 34.9 Å². The predicted octanol–water partition coefficient (Wildman–Crippen LogP) is 22.0. The molecule has 0 saturated carbocycles. The summed E-state index contributed by atoms with van der Waals surface area (Å²) in [5, 5.41) is 23.2. The fraction of sp³-hybridized carbons (Fsp3) is 0.757. The molecule has 0 aromatic carbocycles. The zero-order valence-electron chi connectivity index (χ0n) is 49.3. The Labute approximate surface area is 462 Å². The number of allylic oxidation sites excluding steroid dienone is 15. The minimum Gasteiger partial charge on any atom is -0.394 e. The number of rotatable bonds is 59. The minimum atomic E-state index is -0.865. The van der Waals surface area contributed by atoms with Crippen molar-refractivity contribution >= 4 is 5.91 Å². The molecule has 0 aliphatic carbocycles. The fourth-order valence-electron chi connectivity index (χ4n) is 9.67. The second-order valence-corrected chi connectivity index (χ2v) is 21.8. The van der Waals surface area contributed by atoms with Crippen LogP contribution in [0.1, 0.15) is 322 Å². The Balaban J connectivity index is 3.47. The highest BCUT2D eigenvalue weighted by Gasteiger charge is 2.18. The molecule has 0 fully saturated rings. The molecule has 0 rings (SSSR count). The van der Waals surface area contributed by atoms with Crippen molar-refractivity contribution in [2.45, 2.75) is 334 Å². The summed E-state index contributed by atoms with van der Waals surface area (Å²) in [6, 6.07) is -0.642. The van der Waals surface area contributed by atoms with Gasteiger partial charge in [0.05, 0.1) is 18.8 Å². The van der Waals surface area contributed by atoms with Crippen molar-refractivity contribution in [1.29, 1.82) is 0 Å². The van der Waals surface area contributed by atoms with E-state index >= 15 is 0 Å².